The maximum Gasteiger partial charge on any atom is 0.306 e. The SMILES string of the molecule is CCOC(=O)CCC(=O)c1nc2c(-c3ccc(Cl)cc3)cccc2cc1O. The first-order valence-electron chi connectivity index (χ1n) is 8.57. The summed E-state index contributed by atoms with van der Waals surface area (Å²) in [7, 11) is 0. The highest BCUT2D eigenvalue weighted by molar-refractivity contribution is 6.30. The highest BCUT2D eigenvalue weighted by Crippen LogP contribution is 2.31. The third-order valence-corrected chi connectivity index (χ3v) is 4.36. The second-order valence-electron chi connectivity index (χ2n) is 5.97. The number of nitrogens with zero attached hydrogens (tertiary/aromatic N) is 1. The summed E-state index contributed by atoms with van der Waals surface area (Å²) in [6.45, 7) is 1.96. The van der Waals surface area contributed by atoms with Gasteiger partial charge in [0.2, 0.25) is 0 Å². The molecule has 3 aromatic rings. The van der Waals surface area contributed by atoms with E-state index in [0.29, 0.717) is 15.9 Å². The van der Waals surface area contributed by atoms with Crippen LogP contribution in [0.1, 0.15) is 30.3 Å². The van der Waals surface area contributed by atoms with E-state index in [-0.39, 0.29) is 30.9 Å². The van der Waals surface area contributed by atoms with Crippen molar-refractivity contribution in [2.45, 2.75) is 19.8 Å². The van der Waals surface area contributed by atoms with Crippen molar-refractivity contribution < 1.29 is 19.4 Å². The number of Topliss-reactive ketones (excluding diaryl/α,β-unsaturated/α-hetero) is 1. The van der Waals surface area contributed by atoms with Gasteiger partial charge in [-0.25, -0.2) is 4.98 Å². The lowest BCUT2D eigenvalue weighted by atomic mass is 10.0. The predicted octanol–water partition coefficient (Wildman–Crippen LogP) is 4.79. The molecular formula is C21H18ClNO4. The molecule has 1 heterocycles. The van der Waals surface area contributed by atoms with Crippen LogP contribution in [0.3, 0.4) is 0 Å². The molecule has 0 atom stereocenters. The molecule has 5 nitrogen and oxygen atoms in total. The lowest BCUT2D eigenvalue weighted by Gasteiger charge is -2.10. The van der Waals surface area contributed by atoms with Crippen LogP contribution in [-0.4, -0.2) is 28.4 Å². The number of pyridine rings is 1. The Morgan fingerprint density at radius 1 is 1.11 bits per heavy atom. The molecule has 138 valence electrons. The molecule has 0 aliphatic carbocycles. The first kappa shape index (κ1) is 18.9. The van der Waals surface area contributed by atoms with Gasteiger partial charge >= 0.3 is 5.97 Å². The van der Waals surface area contributed by atoms with Crippen LogP contribution in [-0.2, 0) is 9.53 Å². The maximum atomic E-state index is 12.5. The third-order valence-electron chi connectivity index (χ3n) is 4.11. The van der Waals surface area contributed by atoms with E-state index in [4.69, 9.17) is 16.3 Å². The molecule has 6 heteroatoms. The molecule has 0 fully saturated rings. The summed E-state index contributed by atoms with van der Waals surface area (Å²) in [6.07, 6.45) is -0.126. The summed E-state index contributed by atoms with van der Waals surface area (Å²) in [4.78, 5) is 28.3. The van der Waals surface area contributed by atoms with Gasteiger partial charge in [-0.3, -0.25) is 9.59 Å². The largest absolute Gasteiger partial charge is 0.506 e. The Labute approximate surface area is 161 Å². The molecule has 1 aromatic heterocycles. The van der Waals surface area contributed by atoms with Gasteiger partial charge in [-0.2, -0.15) is 0 Å². The van der Waals surface area contributed by atoms with Crippen molar-refractivity contribution in [3.63, 3.8) is 0 Å². The summed E-state index contributed by atoms with van der Waals surface area (Å²) in [5.41, 5.74) is 2.27. The molecule has 0 aliphatic rings. The normalized spacial score (nSPS) is 10.7. The monoisotopic (exact) mass is 383 g/mol. The minimum Gasteiger partial charge on any atom is -0.506 e. The number of halogens is 1. The fraction of sp³-hybridized carbons (Fsp3) is 0.190. The van der Waals surface area contributed by atoms with Crippen LogP contribution in [0.4, 0.5) is 0 Å². The second kappa shape index (κ2) is 8.18. The molecular weight excluding hydrogens is 366 g/mol. The number of ether oxygens (including phenoxy) is 1. The van der Waals surface area contributed by atoms with Crippen molar-refractivity contribution in [1.82, 2.24) is 4.98 Å². The van der Waals surface area contributed by atoms with Crippen molar-refractivity contribution in [2.75, 3.05) is 6.61 Å². The molecule has 0 radical (unpaired) electrons. The summed E-state index contributed by atoms with van der Waals surface area (Å²) >= 11 is 5.96. The number of fused-ring (bicyclic) bond motifs is 1. The minimum atomic E-state index is -0.451. The van der Waals surface area contributed by atoms with Crippen LogP contribution < -0.4 is 0 Å². The van der Waals surface area contributed by atoms with E-state index in [1.165, 1.54) is 6.07 Å². The zero-order chi connectivity index (χ0) is 19.4. The molecule has 2 aromatic carbocycles. The number of hydrogen-bond donors (Lipinski definition) is 1. The third kappa shape index (κ3) is 4.26. The molecule has 1 N–H and O–H groups in total. The smallest absolute Gasteiger partial charge is 0.306 e. The zero-order valence-electron chi connectivity index (χ0n) is 14.7. The average Bonchev–Trinajstić information content (AvgIpc) is 2.66. The Balaban J connectivity index is 1.99. The number of carbonyl (C=O) groups excluding carboxylic acids is 2. The second-order valence-corrected chi connectivity index (χ2v) is 6.40. The predicted molar refractivity (Wildman–Crippen MR) is 104 cm³/mol. The Bertz CT molecular complexity index is 999. The van der Waals surface area contributed by atoms with Crippen LogP contribution in [0.5, 0.6) is 5.75 Å². The summed E-state index contributed by atoms with van der Waals surface area (Å²) in [5.74, 6) is -1.06. The number of carbonyl (C=O) groups is 2. The van der Waals surface area contributed by atoms with E-state index < -0.39 is 11.8 Å². The maximum absolute atomic E-state index is 12.5. The van der Waals surface area contributed by atoms with Gasteiger partial charge in [0, 0.05) is 22.4 Å². The summed E-state index contributed by atoms with van der Waals surface area (Å²) in [5, 5.41) is 11.6. The Hall–Kier alpha value is -2.92. The van der Waals surface area contributed by atoms with Gasteiger partial charge in [0.1, 0.15) is 11.4 Å². The van der Waals surface area contributed by atoms with Crippen molar-refractivity contribution in [1.29, 1.82) is 0 Å². The lowest BCUT2D eigenvalue weighted by Crippen LogP contribution is -2.09. The fourth-order valence-electron chi connectivity index (χ4n) is 2.82. The van der Waals surface area contributed by atoms with Crippen molar-refractivity contribution in [3.8, 4) is 16.9 Å². The van der Waals surface area contributed by atoms with E-state index in [1.54, 1.807) is 19.1 Å². The average molecular weight is 384 g/mol. The van der Waals surface area contributed by atoms with Gasteiger partial charge in [0.25, 0.3) is 0 Å². The summed E-state index contributed by atoms with van der Waals surface area (Å²) < 4.78 is 4.83. The zero-order valence-corrected chi connectivity index (χ0v) is 15.5. The number of rotatable bonds is 6. The van der Waals surface area contributed by atoms with Crippen LogP contribution in [0.25, 0.3) is 22.0 Å². The molecule has 0 amide bonds. The van der Waals surface area contributed by atoms with Crippen LogP contribution >= 0.6 is 11.6 Å². The number of aromatic hydroxyl groups is 1. The van der Waals surface area contributed by atoms with Gasteiger partial charge in [-0.05, 0) is 30.7 Å². The molecule has 0 bridgehead atoms. The van der Waals surface area contributed by atoms with Crippen molar-refractivity contribution in [2.24, 2.45) is 0 Å². The number of benzene rings is 2. The van der Waals surface area contributed by atoms with Crippen LogP contribution in [0.2, 0.25) is 5.02 Å². The van der Waals surface area contributed by atoms with E-state index in [2.05, 4.69) is 4.98 Å². The first-order valence-corrected chi connectivity index (χ1v) is 8.95. The first-order chi connectivity index (χ1) is 13.0. The molecule has 0 saturated heterocycles. The number of esters is 1. The standard InChI is InChI=1S/C21H18ClNO4/c1-2-27-19(26)11-10-17(24)21-18(25)12-14-4-3-5-16(20(14)23-21)13-6-8-15(22)9-7-13/h3-9,12,25H,2,10-11H2,1H3. The Morgan fingerprint density at radius 3 is 2.56 bits per heavy atom. The van der Waals surface area contributed by atoms with E-state index >= 15 is 0 Å². The van der Waals surface area contributed by atoms with Gasteiger partial charge in [-0.1, -0.05) is 41.9 Å². The Morgan fingerprint density at radius 2 is 1.85 bits per heavy atom. The Kier molecular flexibility index (Phi) is 5.72. The van der Waals surface area contributed by atoms with Gasteiger partial charge < -0.3 is 9.84 Å². The number of aromatic nitrogens is 1. The number of para-hydroxylation sites is 1. The van der Waals surface area contributed by atoms with Crippen molar-refractivity contribution >= 4 is 34.3 Å². The highest BCUT2D eigenvalue weighted by atomic mass is 35.5. The molecule has 27 heavy (non-hydrogen) atoms. The molecule has 0 saturated carbocycles. The number of hydrogen-bond acceptors (Lipinski definition) is 5. The lowest BCUT2D eigenvalue weighted by molar-refractivity contribution is -0.143. The summed E-state index contributed by atoms with van der Waals surface area (Å²) in [6, 6.07) is 14.4. The molecule has 3 rings (SSSR count). The molecule has 0 unspecified atom stereocenters. The van der Waals surface area contributed by atoms with Crippen LogP contribution in [0.15, 0.2) is 48.5 Å². The van der Waals surface area contributed by atoms with Crippen molar-refractivity contribution in [3.05, 3.63) is 59.2 Å². The van der Waals surface area contributed by atoms with Gasteiger partial charge in [0.15, 0.2) is 5.78 Å². The van der Waals surface area contributed by atoms with Gasteiger partial charge in [-0.15, -0.1) is 0 Å². The quantitative estimate of drug-likeness (QED) is 0.489. The van der Waals surface area contributed by atoms with Gasteiger partial charge in [0.05, 0.1) is 18.5 Å². The minimum absolute atomic E-state index is 0.0480. The molecule has 0 aliphatic heterocycles. The van der Waals surface area contributed by atoms with E-state index in [9.17, 15) is 14.7 Å². The van der Waals surface area contributed by atoms with E-state index in [1.807, 2.05) is 30.3 Å². The topological polar surface area (TPSA) is 76.5 Å². The number of ketones is 1. The fourth-order valence-corrected chi connectivity index (χ4v) is 2.95. The van der Waals surface area contributed by atoms with Crippen LogP contribution in [0, 0.1) is 0 Å². The highest BCUT2D eigenvalue weighted by Gasteiger charge is 2.18. The van der Waals surface area contributed by atoms with E-state index in [0.717, 1.165) is 11.1 Å². The molecule has 0 spiro atoms.